The van der Waals surface area contributed by atoms with Crippen LogP contribution in [0.2, 0.25) is 0 Å². The summed E-state index contributed by atoms with van der Waals surface area (Å²) in [5.74, 6) is 1.73. The maximum atomic E-state index is 4.67. The van der Waals surface area contributed by atoms with Crippen LogP contribution in [0.1, 0.15) is 22.3 Å². The number of nitrogens with zero attached hydrogens (tertiary/aromatic N) is 4. The van der Waals surface area contributed by atoms with E-state index in [0.29, 0.717) is 0 Å². The zero-order valence-electron chi connectivity index (χ0n) is 18.1. The quantitative estimate of drug-likeness (QED) is 0.283. The molecule has 3 heterocycles. The highest BCUT2D eigenvalue weighted by Crippen LogP contribution is 2.35. The molecule has 0 radical (unpaired) electrons. The lowest BCUT2D eigenvalue weighted by atomic mass is 10.1. The minimum Gasteiger partial charge on any atom is -0.340 e. The van der Waals surface area contributed by atoms with Gasteiger partial charge in [0.05, 0.1) is 21.6 Å². The van der Waals surface area contributed by atoms with Crippen molar-refractivity contribution in [2.24, 2.45) is 7.05 Å². The molecular weight excluding hydrogens is 420 g/mol. The number of rotatable bonds is 5. The molecule has 0 bridgehead atoms. The van der Waals surface area contributed by atoms with Gasteiger partial charge in [-0.3, -0.25) is 4.57 Å². The summed E-state index contributed by atoms with van der Waals surface area (Å²) in [4.78, 5) is 0. The smallest absolute Gasteiger partial charge is 0.196 e. The van der Waals surface area contributed by atoms with Crippen molar-refractivity contribution in [3.8, 4) is 17.2 Å². The third kappa shape index (κ3) is 3.70. The van der Waals surface area contributed by atoms with Gasteiger partial charge in [-0.15, -0.1) is 21.5 Å². The molecule has 31 heavy (non-hydrogen) atoms. The van der Waals surface area contributed by atoms with Crippen LogP contribution in [0.4, 0.5) is 0 Å². The molecule has 156 valence electrons. The second-order valence-corrected chi connectivity index (χ2v) is 9.86. The molecule has 2 aromatic carbocycles. The van der Waals surface area contributed by atoms with Crippen molar-refractivity contribution >= 4 is 33.3 Å². The van der Waals surface area contributed by atoms with Crippen molar-refractivity contribution < 1.29 is 0 Å². The molecule has 0 aliphatic rings. The lowest BCUT2D eigenvalue weighted by Gasteiger charge is -2.14. The topological polar surface area (TPSA) is 35.6 Å². The van der Waals surface area contributed by atoms with Crippen molar-refractivity contribution in [3.05, 3.63) is 82.2 Å². The lowest BCUT2D eigenvalue weighted by Crippen LogP contribution is -2.04. The Labute approximate surface area is 190 Å². The lowest BCUT2D eigenvalue weighted by molar-refractivity contribution is 0.872. The maximum Gasteiger partial charge on any atom is 0.196 e. The normalized spacial score (nSPS) is 11.5. The molecule has 6 heteroatoms. The van der Waals surface area contributed by atoms with Gasteiger partial charge in [0.2, 0.25) is 0 Å². The number of thioether (sulfide) groups is 1. The van der Waals surface area contributed by atoms with Crippen LogP contribution in [0.3, 0.4) is 0 Å². The zero-order valence-corrected chi connectivity index (χ0v) is 19.7. The molecule has 0 aliphatic heterocycles. The van der Waals surface area contributed by atoms with E-state index >= 15 is 0 Å². The maximum absolute atomic E-state index is 4.67. The summed E-state index contributed by atoms with van der Waals surface area (Å²) in [7, 11) is 2.10. The van der Waals surface area contributed by atoms with Crippen LogP contribution in [-0.2, 0) is 12.8 Å². The third-order valence-corrected chi connectivity index (χ3v) is 7.44. The summed E-state index contributed by atoms with van der Waals surface area (Å²) in [6, 6.07) is 19.6. The van der Waals surface area contributed by atoms with Crippen molar-refractivity contribution in [2.45, 2.75) is 31.7 Å². The van der Waals surface area contributed by atoms with Crippen molar-refractivity contribution in [1.29, 1.82) is 0 Å². The van der Waals surface area contributed by atoms with E-state index in [4.69, 9.17) is 0 Å². The Balaban J connectivity index is 1.64. The SMILES string of the molecule is Cc1cccc(CSc2nnc(-c3cc4sccc4n3C)n2-c2cc(C)ccc2C)c1. The van der Waals surface area contributed by atoms with Crippen molar-refractivity contribution in [3.63, 3.8) is 0 Å². The van der Waals surface area contributed by atoms with E-state index in [1.165, 1.54) is 32.5 Å². The molecule has 0 atom stereocenters. The molecular formula is C25H24N4S2. The predicted molar refractivity (Wildman–Crippen MR) is 131 cm³/mol. The van der Waals surface area contributed by atoms with Crippen molar-refractivity contribution in [1.82, 2.24) is 19.3 Å². The highest BCUT2D eigenvalue weighted by molar-refractivity contribution is 7.98. The van der Waals surface area contributed by atoms with Crippen LogP contribution < -0.4 is 0 Å². The Morgan fingerprint density at radius 1 is 0.935 bits per heavy atom. The van der Waals surface area contributed by atoms with Gasteiger partial charge in [0.25, 0.3) is 0 Å². The highest BCUT2D eigenvalue weighted by Gasteiger charge is 2.21. The molecule has 0 amide bonds. The summed E-state index contributed by atoms with van der Waals surface area (Å²) < 4.78 is 5.70. The summed E-state index contributed by atoms with van der Waals surface area (Å²) in [5.41, 5.74) is 8.45. The van der Waals surface area contributed by atoms with E-state index in [-0.39, 0.29) is 0 Å². The molecule has 0 unspecified atom stereocenters. The first-order chi connectivity index (χ1) is 15.0. The number of hydrogen-bond donors (Lipinski definition) is 0. The van der Waals surface area contributed by atoms with E-state index in [0.717, 1.165) is 28.1 Å². The molecule has 0 saturated carbocycles. The molecule has 4 nitrogen and oxygen atoms in total. The average molecular weight is 445 g/mol. The fourth-order valence-corrected chi connectivity index (χ4v) is 5.66. The first-order valence-electron chi connectivity index (χ1n) is 10.3. The largest absolute Gasteiger partial charge is 0.340 e. The number of aryl methyl sites for hydroxylation is 4. The number of benzene rings is 2. The Morgan fingerprint density at radius 2 is 1.77 bits per heavy atom. The van der Waals surface area contributed by atoms with Gasteiger partial charge in [0, 0.05) is 12.8 Å². The monoisotopic (exact) mass is 444 g/mol. The van der Waals surface area contributed by atoms with E-state index in [9.17, 15) is 0 Å². The standard InChI is InChI=1S/C25H24N4S2/c1-16-6-5-7-19(12-16)15-31-25-27-26-24(22-14-23-20(28(22)4)10-11-30-23)29(25)21-13-17(2)8-9-18(21)3/h5-14H,15H2,1-4H3. The van der Waals surface area contributed by atoms with Gasteiger partial charge in [-0.25, -0.2) is 0 Å². The molecule has 0 saturated heterocycles. The molecule has 5 aromatic rings. The molecule has 0 spiro atoms. The second-order valence-electron chi connectivity index (χ2n) is 7.97. The second kappa shape index (κ2) is 8.02. The van der Waals surface area contributed by atoms with E-state index in [1.54, 1.807) is 23.1 Å². The number of fused-ring (bicyclic) bond motifs is 1. The number of thiophene rings is 1. The summed E-state index contributed by atoms with van der Waals surface area (Å²) in [6.07, 6.45) is 0. The first-order valence-corrected chi connectivity index (χ1v) is 12.1. The van der Waals surface area contributed by atoms with Gasteiger partial charge < -0.3 is 4.57 Å². The van der Waals surface area contributed by atoms with Gasteiger partial charge in [-0.2, -0.15) is 0 Å². The average Bonchev–Trinajstić information content (AvgIpc) is 3.44. The van der Waals surface area contributed by atoms with Crippen molar-refractivity contribution in [2.75, 3.05) is 0 Å². The fourth-order valence-electron chi connectivity index (χ4n) is 3.92. The fraction of sp³-hybridized carbons (Fsp3) is 0.200. The van der Waals surface area contributed by atoms with Crippen LogP contribution in [0.25, 0.3) is 27.4 Å². The third-order valence-electron chi connectivity index (χ3n) is 5.58. The minimum absolute atomic E-state index is 0.854. The molecule has 3 aromatic heterocycles. The Hall–Kier alpha value is -2.83. The van der Waals surface area contributed by atoms with Crippen LogP contribution >= 0.6 is 23.1 Å². The Morgan fingerprint density at radius 3 is 2.58 bits per heavy atom. The van der Waals surface area contributed by atoms with E-state index < -0.39 is 0 Å². The molecule has 0 fully saturated rings. The minimum atomic E-state index is 0.854. The highest BCUT2D eigenvalue weighted by atomic mass is 32.2. The number of hydrogen-bond acceptors (Lipinski definition) is 4. The van der Waals surface area contributed by atoms with E-state index in [1.807, 2.05) is 0 Å². The Bertz CT molecular complexity index is 1390. The van der Waals surface area contributed by atoms with Crippen LogP contribution in [0.15, 0.2) is 65.1 Å². The summed E-state index contributed by atoms with van der Waals surface area (Å²) in [6.45, 7) is 6.41. The van der Waals surface area contributed by atoms with E-state index in [2.05, 4.69) is 107 Å². The molecule has 5 rings (SSSR count). The molecule has 0 aliphatic carbocycles. The van der Waals surface area contributed by atoms with Gasteiger partial charge in [-0.05, 0) is 61.0 Å². The van der Waals surface area contributed by atoms with Gasteiger partial charge in [0.15, 0.2) is 11.0 Å². The summed E-state index contributed by atoms with van der Waals surface area (Å²) in [5, 5.41) is 12.4. The molecule has 0 N–H and O–H groups in total. The van der Waals surface area contributed by atoms with Crippen LogP contribution in [-0.4, -0.2) is 19.3 Å². The van der Waals surface area contributed by atoms with Crippen LogP contribution in [0, 0.1) is 20.8 Å². The van der Waals surface area contributed by atoms with Gasteiger partial charge >= 0.3 is 0 Å². The van der Waals surface area contributed by atoms with Gasteiger partial charge in [-0.1, -0.05) is 53.7 Å². The predicted octanol–water partition coefficient (Wildman–Crippen LogP) is 6.71. The summed E-state index contributed by atoms with van der Waals surface area (Å²) >= 11 is 3.49. The zero-order chi connectivity index (χ0) is 21.5. The number of aromatic nitrogens is 4. The first kappa shape index (κ1) is 20.1. The van der Waals surface area contributed by atoms with Gasteiger partial charge in [0.1, 0.15) is 0 Å². The Kier molecular flexibility index (Phi) is 5.20. The van der Waals surface area contributed by atoms with Crippen LogP contribution in [0.5, 0.6) is 0 Å².